The summed E-state index contributed by atoms with van der Waals surface area (Å²) in [5.74, 6) is -0.680. The van der Waals surface area contributed by atoms with Crippen molar-refractivity contribution in [3.8, 4) is 5.69 Å². The minimum absolute atomic E-state index is 0.128. The van der Waals surface area contributed by atoms with Gasteiger partial charge in [0, 0.05) is 5.56 Å². The van der Waals surface area contributed by atoms with Crippen LogP contribution in [0.2, 0.25) is 5.02 Å². The van der Waals surface area contributed by atoms with Crippen LogP contribution in [0.3, 0.4) is 0 Å². The molecule has 6 heteroatoms. The van der Waals surface area contributed by atoms with Crippen molar-refractivity contribution in [1.82, 2.24) is 9.55 Å². The van der Waals surface area contributed by atoms with Crippen LogP contribution in [0.1, 0.15) is 11.4 Å². The maximum atomic E-state index is 14.0. The van der Waals surface area contributed by atoms with Crippen molar-refractivity contribution in [1.29, 1.82) is 0 Å². The number of hydrogen-bond donors (Lipinski definition) is 0. The Morgan fingerprint density at radius 3 is 2.46 bits per heavy atom. The normalized spacial score (nSPS) is 11.4. The van der Waals surface area contributed by atoms with Gasteiger partial charge < -0.3 is 0 Å². The Hall–Kier alpha value is -3.31. The number of aromatic nitrogens is 2. The van der Waals surface area contributed by atoms with Crippen molar-refractivity contribution in [2.75, 3.05) is 0 Å². The van der Waals surface area contributed by atoms with Gasteiger partial charge in [0.05, 0.1) is 21.6 Å². The zero-order valence-corrected chi connectivity index (χ0v) is 15.2. The van der Waals surface area contributed by atoms with E-state index in [-0.39, 0.29) is 11.2 Å². The number of benzene rings is 3. The van der Waals surface area contributed by atoms with E-state index in [0.717, 1.165) is 6.07 Å². The van der Waals surface area contributed by atoms with Crippen LogP contribution in [0.5, 0.6) is 0 Å². The van der Waals surface area contributed by atoms with Gasteiger partial charge >= 0.3 is 0 Å². The van der Waals surface area contributed by atoms with Crippen LogP contribution in [0.25, 0.3) is 28.7 Å². The maximum absolute atomic E-state index is 14.0. The quantitative estimate of drug-likeness (QED) is 0.460. The Morgan fingerprint density at radius 2 is 1.68 bits per heavy atom. The molecule has 3 aromatic carbocycles. The molecule has 0 bridgehead atoms. The monoisotopic (exact) mass is 394 g/mol. The zero-order chi connectivity index (χ0) is 19.7. The molecule has 0 fully saturated rings. The summed E-state index contributed by atoms with van der Waals surface area (Å²) in [7, 11) is 0. The van der Waals surface area contributed by atoms with E-state index < -0.39 is 17.2 Å². The van der Waals surface area contributed by atoms with Crippen LogP contribution in [0.4, 0.5) is 8.78 Å². The molecular weight excluding hydrogens is 382 g/mol. The molecule has 0 aliphatic heterocycles. The Labute approximate surface area is 164 Å². The summed E-state index contributed by atoms with van der Waals surface area (Å²) < 4.78 is 28.9. The average molecular weight is 395 g/mol. The number of rotatable bonds is 3. The molecule has 28 heavy (non-hydrogen) atoms. The highest BCUT2D eigenvalue weighted by atomic mass is 35.5. The second-order valence-electron chi connectivity index (χ2n) is 6.08. The lowest BCUT2D eigenvalue weighted by Gasteiger charge is -2.13. The Morgan fingerprint density at radius 1 is 0.929 bits per heavy atom. The number of nitrogens with zero attached hydrogens (tertiary/aromatic N) is 2. The molecule has 0 spiro atoms. The van der Waals surface area contributed by atoms with E-state index in [1.807, 2.05) is 0 Å². The predicted molar refractivity (Wildman–Crippen MR) is 108 cm³/mol. The van der Waals surface area contributed by atoms with Crippen molar-refractivity contribution in [3.05, 3.63) is 105 Å². The molecule has 1 aromatic heterocycles. The Bertz CT molecular complexity index is 1280. The third-order valence-corrected chi connectivity index (χ3v) is 4.59. The summed E-state index contributed by atoms with van der Waals surface area (Å²) in [5.41, 5.74) is 0.622. The van der Waals surface area contributed by atoms with Crippen LogP contribution in [0, 0.1) is 11.6 Å². The third-order valence-electron chi connectivity index (χ3n) is 4.27. The molecule has 4 rings (SSSR count). The highest BCUT2D eigenvalue weighted by Gasteiger charge is 2.14. The van der Waals surface area contributed by atoms with Gasteiger partial charge in [-0.05, 0) is 48.6 Å². The van der Waals surface area contributed by atoms with Gasteiger partial charge in [-0.25, -0.2) is 13.8 Å². The first kappa shape index (κ1) is 18.1. The molecule has 0 saturated carbocycles. The standard InChI is InChI=1S/C22H13ClF2N2O/c23-17-6-2-4-8-20(17)27-21(12-9-14-5-1-3-7-18(14)25)26-19-11-10-15(24)13-16(19)22(27)28/h1-13H. The first-order chi connectivity index (χ1) is 13.5. The van der Waals surface area contributed by atoms with Gasteiger partial charge in [0.1, 0.15) is 17.5 Å². The molecule has 0 radical (unpaired) electrons. The second kappa shape index (κ2) is 7.37. The minimum atomic E-state index is -0.535. The highest BCUT2D eigenvalue weighted by molar-refractivity contribution is 6.32. The molecule has 0 aliphatic rings. The topological polar surface area (TPSA) is 34.9 Å². The van der Waals surface area contributed by atoms with Gasteiger partial charge in [-0.1, -0.05) is 41.9 Å². The fraction of sp³-hybridized carbons (Fsp3) is 0. The van der Waals surface area contributed by atoms with Crippen LogP contribution < -0.4 is 5.56 Å². The van der Waals surface area contributed by atoms with Gasteiger partial charge in [0.15, 0.2) is 0 Å². The minimum Gasteiger partial charge on any atom is -0.268 e. The van der Waals surface area contributed by atoms with E-state index >= 15 is 0 Å². The molecule has 0 atom stereocenters. The maximum Gasteiger partial charge on any atom is 0.266 e. The van der Waals surface area contributed by atoms with Crippen LogP contribution in [0.15, 0.2) is 71.5 Å². The zero-order valence-electron chi connectivity index (χ0n) is 14.4. The average Bonchev–Trinajstić information content (AvgIpc) is 2.69. The van der Waals surface area contributed by atoms with Crippen LogP contribution in [-0.4, -0.2) is 9.55 Å². The third kappa shape index (κ3) is 3.32. The van der Waals surface area contributed by atoms with Gasteiger partial charge in [-0.2, -0.15) is 0 Å². The van der Waals surface area contributed by atoms with Gasteiger partial charge in [-0.3, -0.25) is 9.36 Å². The molecule has 1 heterocycles. The summed E-state index contributed by atoms with van der Waals surface area (Å²) in [4.78, 5) is 17.6. The largest absolute Gasteiger partial charge is 0.268 e. The molecule has 0 aliphatic carbocycles. The summed E-state index contributed by atoms with van der Waals surface area (Å²) in [6, 6.07) is 16.8. The highest BCUT2D eigenvalue weighted by Crippen LogP contribution is 2.22. The van der Waals surface area contributed by atoms with E-state index in [9.17, 15) is 13.6 Å². The number of hydrogen-bond acceptors (Lipinski definition) is 2. The first-order valence-corrected chi connectivity index (χ1v) is 8.82. The van der Waals surface area contributed by atoms with E-state index in [1.54, 1.807) is 42.5 Å². The lowest BCUT2D eigenvalue weighted by molar-refractivity contribution is 0.625. The molecule has 4 aromatic rings. The van der Waals surface area contributed by atoms with Crippen molar-refractivity contribution in [2.24, 2.45) is 0 Å². The molecular formula is C22H13ClF2N2O. The Kier molecular flexibility index (Phi) is 4.75. The molecule has 0 saturated heterocycles. The van der Waals surface area contributed by atoms with Crippen molar-refractivity contribution < 1.29 is 8.78 Å². The SMILES string of the molecule is O=c1c2cc(F)ccc2nc(C=Cc2ccccc2F)n1-c1ccccc1Cl. The summed E-state index contributed by atoms with van der Waals surface area (Å²) in [6.07, 6.45) is 3.06. The van der Waals surface area contributed by atoms with Crippen molar-refractivity contribution in [2.45, 2.75) is 0 Å². The van der Waals surface area contributed by atoms with Crippen LogP contribution in [-0.2, 0) is 0 Å². The van der Waals surface area contributed by atoms with Crippen LogP contribution >= 0.6 is 11.6 Å². The molecule has 138 valence electrons. The van der Waals surface area contributed by atoms with Gasteiger partial charge in [0.2, 0.25) is 0 Å². The van der Waals surface area contributed by atoms with E-state index in [2.05, 4.69) is 4.98 Å². The lowest BCUT2D eigenvalue weighted by atomic mass is 10.2. The first-order valence-electron chi connectivity index (χ1n) is 8.44. The fourth-order valence-corrected chi connectivity index (χ4v) is 3.15. The molecule has 0 amide bonds. The van der Waals surface area contributed by atoms with Crippen molar-refractivity contribution in [3.63, 3.8) is 0 Å². The molecule has 0 N–H and O–H groups in total. The molecule has 0 unspecified atom stereocenters. The van der Waals surface area contributed by atoms with Crippen molar-refractivity contribution >= 4 is 34.7 Å². The lowest BCUT2D eigenvalue weighted by Crippen LogP contribution is -2.22. The number of halogens is 3. The van der Waals surface area contributed by atoms with E-state index in [4.69, 9.17) is 11.6 Å². The molecule has 3 nitrogen and oxygen atoms in total. The number of fused-ring (bicyclic) bond motifs is 1. The summed E-state index contributed by atoms with van der Waals surface area (Å²) >= 11 is 6.28. The predicted octanol–water partition coefficient (Wildman–Crippen LogP) is 5.49. The van der Waals surface area contributed by atoms with Gasteiger partial charge in [0.25, 0.3) is 5.56 Å². The van der Waals surface area contributed by atoms with E-state index in [0.29, 0.717) is 21.8 Å². The van der Waals surface area contributed by atoms with E-state index in [1.165, 1.54) is 34.9 Å². The van der Waals surface area contributed by atoms with Gasteiger partial charge in [-0.15, -0.1) is 0 Å². The number of para-hydroxylation sites is 1. The summed E-state index contributed by atoms with van der Waals surface area (Å²) in [5, 5.41) is 0.464. The fourth-order valence-electron chi connectivity index (χ4n) is 2.93. The summed E-state index contributed by atoms with van der Waals surface area (Å²) in [6.45, 7) is 0. The second-order valence-corrected chi connectivity index (χ2v) is 6.49. The smallest absolute Gasteiger partial charge is 0.266 e. The Balaban J connectivity index is 2.00.